The molecule has 0 aliphatic carbocycles. The second kappa shape index (κ2) is 9.42. The van der Waals surface area contributed by atoms with Crippen molar-refractivity contribution in [3.05, 3.63) is 0 Å². The van der Waals surface area contributed by atoms with Crippen LogP contribution in [0.1, 0.15) is 47.0 Å². The third-order valence-corrected chi connectivity index (χ3v) is 2.87. The molecule has 0 aromatic rings. The Morgan fingerprint density at radius 1 is 1.24 bits per heavy atom. The zero-order valence-electron chi connectivity index (χ0n) is 11.6. The molecule has 2 unspecified atom stereocenters. The average molecular weight is 244 g/mol. The summed E-state index contributed by atoms with van der Waals surface area (Å²) in [5.74, 6) is 0.651. The third kappa shape index (κ3) is 8.16. The number of aliphatic hydroxyl groups is 1. The summed E-state index contributed by atoms with van der Waals surface area (Å²) in [4.78, 5) is 11.7. The second-order valence-corrected chi connectivity index (χ2v) is 4.98. The van der Waals surface area contributed by atoms with E-state index in [1.165, 1.54) is 0 Å². The number of hydrogen-bond donors (Lipinski definition) is 3. The van der Waals surface area contributed by atoms with Gasteiger partial charge in [-0.2, -0.15) is 0 Å². The lowest BCUT2D eigenvalue weighted by atomic mass is 10.1. The Balaban J connectivity index is 3.86. The summed E-state index contributed by atoms with van der Waals surface area (Å²) >= 11 is 0. The fraction of sp³-hybridized carbons (Fsp3) is 0.923. The van der Waals surface area contributed by atoms with Crippen LogP contribution in [0.5, 0.6) is 0 Å². The Kier molecular flexibility index (Phi) is 9.09. The van der Waals surface area contributed by atoms with Gasteiger partial charge in [0.15, 0.2) is 0 Å². The number of rotatable bonds is 9. The minimum Gasteiger partial charge on any atom is -0.396 e. The molecule has 4 heteroatoms. The normalized spacial score (nSPS) is 14.7. The fourth-order valence-corrected chi connectivity index (χ4v) is 1.63. The van der Waals surface area contributed by atoms with Crippen molar-refractivity contribution in [2.24, 2.45) is 5.92 Å². The number of carbonyl (C=O) groups is 1. The predicted molar refractivity (Wildman–Crippen MR) is 70.8 cm³/mol. The number of nitrogens with one attached hydrogen (secondary N) is 2. The van der Waals surface area contributed by atoms with Crippen LogP contribution in [0.3, 0.4) is 0 Å². The zero-order valence-corrected chi connectivity index (χ0v) is 11.6. The molecule has 0 aromatic heterocycles. The molecule has 0 saturated heterocycles. The molecule has 0 spiro atoms. The Morgan fingerprint density at radius 3 is 2.35 bits per heavy atom. The van der Waals surface area contributed by atoms with E-state index in [1.54, 1.807) is 0 Å². The van der Waals surface area contributed by atoms with Gasteiger partial charge in [-0.05, 0) is 32.1 Å². The molecule has 1 amide bonds. The van der Waals surface area contributed by atoms with Crippen LogP contribution in [0.15, 0.2) is 0 Å². The molecule has 102 valence electrons. The molecule has 0 aliphatic rings. The smallest absolute Gasteiger partial charge is 0.236 e. The van der Waals surface area contributed by atoms with E-state index in [0.717, 1.165) is 19.4 Å². The first-order valence-corrected chi connectivity index (χ1v) is 6.65. The first-order valence-electron chi connectivity index (χ1n) is 6.65. The van der Waals surface area contributed by atoms with E-state index >= 15 is 0 Å². The van der Waals surface area contributed by atoms with E-state index < -0.39 is 0 Å². The van der Waals surface area contributed by atoms with Gasteiger partial charge in [0.1, 0.15) is 0 Å². The molecular weight excluding hydrogens is 216 g/mol. The summed E-state index contributed by atoms with van der Waals surface area (Å²) in [6, 6.07) is 0.0181. The zero-order chi connectivity index (χ0) is 13.3. The summed E-state index contributed by atoms with van der Waals surface area (Å²) in [6.07, 6.45) is 2.62. The summed E-state index contributed by atoms with van der Waals surface area (Å²) in [7, 11) is 0. The first-order chi connectivity index (χ1) is 8.01. The van der Waals surface area contributed by atoms with Gasteiger partial charge in [0.25, 0.3) is 0 Å². The van der Waals surface area contributed by atoms with Crippen LogP contribution in [0.4, 0.5) is 0 Å². The van der Waals surface area contributed by atoms with Crippen LogP contribution in [0, 0.1) is 5.92 Å². The van der Waals surface area contributed by atoms with Crippen LogP contribution in [-0.4, -0.2) is 36.2 Å². The van der Waals surface area contributed by atoms with Crippen molar-refractivity contribution in [3.63, 3.8) is 0 Å². The van der Waals surface area contributed by atoms with E-state index in [4.69, 9.17) is 5.11 Å². The maximum Gasteiger partial charge on any atom is 0.236 e. The molecule has 2 atom stereocenters. The van der Waals surface area contributed by atoms with Crippen molar-refractivity contribution in [1.82, 2.24) is 10.6 Å². The van der Waals surface area contributed by atoms with Gasteiger partial charge in [0, 0.05) is 19.2 Å². The highest BCUT2D eigenvalue weighted by molar-refractivity contribution is 5.81. The molecule has 0 aromatic carbocycles. The van der Waals surface area contributed by atoms with Crippen molar-refractivity contribution >= 4 is 5.91 Å². The minimum absolute atomic E-state index is 0.0436. The molecule has 0 bridgehead atoms. The van der Waals surface area contributed by atoms with Crippen molar-refractivity contribution in [2.45, 2.75) is 59.0 Å². The summed E-state index contributed by atoms with van der Waals surface area (Å²) in [5, 5.41) is 15.0. The number of carbonyl (C=O) groups excluding carboxylic acids is 1. The maximum atomic E-state index is 11.7. The van der Waals surface area contributed by atoms with E-state index in [1.807, 2.05) is 6.92 Å². The van der Waals surface area contributed by atoms with E-state index in [0.29, 0.717) is 12.3 Å². The molecule has 0 fully saturated rings. The van der Waals surface area contributed by atoms with Gasteiger partial charge in [0.05, 0.1) is 6.04 Å². The van der Waals surface area contributed by atoms with Gasteiger partial charge in [-0.1, -0.05) is 20.8 Å². The predicted octanol–water partition coefficient (Wildman–Crippen LogP) is 1.29. The average Bonchev–Trinajstić information content (AvgIpc) is 2.27. The van der Waals surface area contributed by atoms with Crippen LogP contribution in [-0.2, 0) is 4.79 Å². The van der Waals surface area contributed by atoms with Crippen LogP contribution >= 0.6 is 0 Å². The van der Waals surface area contributed by atoms with Gasteiger partial charge < -0.3 is 15.7 Å². The largest absolute Gasteiger partial charge is 0.396 e. The standard InChI is InChI=1S/C13H28N2O2/c1-5-12(7-9-16)15-11(4)13(17)14-8-6-10(2)3/h10-12,15-16H,5-9H2,1-4H3,(H,14,17). The molecular formula is C13H28N2O2. The first kappa shape index (κ1) is 16.4. The summed E-state index contributed by atoms with van der Waals surface area (Å²) in [5.41, 5.74) is 0. The third-order valence-electron chi connectivity index (χ3n) is 2.87. The van der Waals surface area contributed by atoms with E-state index in [-0.39, 0.29) is 24.6 Å². The molecule has 0 aliphatic heterocycles. The Hall–Kier alpha value is -0.610. The van der Waals surface area contributed by atoms with Gasteiger partial charge in [-0.15, -0.1) is 0 Å². The lowest BCUT2D eigenvalue weighted by Crippen LogP contribution is -2.47. The van der Waals surface area contributed by atoms with Gasteiger partial charge in [0.2, 0.25) is 5.91 Å². The Bertz CT molecular complexity index is 208. The maximum absolute atomic E-state index is 11.7. The number of hydrogen-bond acceptors (Lipinski definition) is 3. The fourth-order valence-electron chi connectivity index (χ4n) is 1.63. The van der Waals surface area contributed by atoms with E-state index in [2.05, 4.69) is 31.4 Å². The van der Waals surface area contributed by atoms with E-state index in [9.17, 15) is 4.79 Å². The molecule has 3 N–H and O–H groups in total. The molecule has 0 rings (SSSR count). The summed E-state index contributed by atoms with van der Waals surface area (Å²) in [6.45, 7) is 9.10. The minimum atomic E-state index is -0.196. The lowest BCUT2D eigenvalue weighted by molar-refractivity contribution is -0.123. The highest BCUT2D eigenvalue weighted by Crippen LogP contribution is 2.00. The highest BCUT2D eigenvalue weighted by atomic mass is 16.3. The Morgan fingerprint density at radius 2 is 1.88 bits per heavy atom. The van der Waals surface area contributed by atoms with Crippen molar-refractivity contribution in [1.29, 1.82) is 0 Å². The monoisotopic (exact) mass is 244 g/mol. The molecule has 0 heterocycles. The highest BCUT2D eigenvalue weighted by Gasteiger charge is 2.15. The molecule has 0 radical (unpaired) electrons. The van der Waals surface area contributed by atoms with Gasteiger partial charge in [-0.3, -0.25) is 4.79 Å². The van der Waals surface area contributed by atoms with Crippen LogP contribution in [0.25, 0.3) is 0 Å². The van der Waals surface area contributed by atoms with Crippen molar-refractivity contribution in [3.8, 4) is 0 Å². The molecule has 0 saturated carbocycles. The lowest BCUT2D eigenvalue weighted by Gasteiger charge is -2.21. The SMILES string of the molecule is CCC(CCO)NC(C)C(=O)NCCC(C)C. The van der Waals surface area contributed by atoms with Gasteiger partial charge >= 0.3 is 0 Å². The number of amides is 1. The number of aliphatic hydroxyl groups excluding tert-OH is 1. The van der Waals surface area contributed by atoms with Crippen LogP contribution in [0.2, 0.25) is 0 Å². The van der Waals surface area contributed by atoms with Crippen LogP contribution < -0.4 is 10.6 Å². The Labute approximate surface area is 105 Å². The van der Waals surface area contributed by atoms with Crippen molar-refractivity contribution < 1.29 is 9.90 Å². The summed E-state index contributed by atoms with van der Waals surface area (Å²) < 4.78 is 0. The second-order valence-electron chi connectivity index (χ2n) is 4.98. The van der Waals surface area contributed by atoms with Gasteiger partial charge in [-0.25, -0.2) is 0 Å². The molecule has 17 heavy (non-hydrogen) atoms. The molecule has 4 nitrogen and oxygen atoms in total. The topological polar surface area (TPSA) is 61.4 Å². The van der Waals surface area contributed by atoms with Crippen molar-refractivity contribution in [2.75, 3.05) is 13.2 Å². The quantitative estimate of drug-likeness (QED) is 0.573.